The first-order chi connectivity index (χ1) is 13.3. The van der Waals surface area contributed by atoms with Crippen LogP contribution in [0, 0.1) is 5.82 Å². The number of carbonyl (C=O) groups excluding carboxylic acids is 1. The average Bonchev–Trinajstić information content (AvgIpc) is 2.66. The molecule has 1 aromatic heterocycles. The number of aromatic nitrogens is 1. The summed E-state index contributed by atoms with van der Waals surface area (Å²) in [5, 5.41) is 3.00. The Morgan fingerprint density at radius 2 is 1.93 bits per heavy atom. The van der Waals surface area contributed by atoms with Crippen LogP contribution in [0.5, 0.6) is 0 Å². The Morgan fingerprint density at radius 1 is 1.18 bits per heavy atom. The molecule has 1 amide bonds. The molecular weight excluding hydrogens is 383 g/mol. The fourth-order valence-corrected chi connectivity index (χ4v) is 3.61. The molecule has 1 aromatic carbocycles. The standard InChI is InChI=1S/C19H23FN4O3S/c1-28(26,27)13-12-23-8-10-24(11-9-23)19(25)17-6-3-7-21-18(17)22-16-5-2-4-15(20)14-16/h2-7,14H,8-13H2,1H3,(H,21,22). The predicted octanol–water partition coefficient (Wildman–Crippen LogP) is 1.77. The van der Waals surface area contributed by atoms with Crippen molar-refractivity contribution in [3.05, 3.63) is 54.0 Å². The molecule has 7 nitrogen and oxygen atoms in total. The van der Waals surface area contributed by atoms with Crippen LogP contribution in [0.4, 0.5) is 15.9 Å². The molecule has 1 aliphatic rings. The Kier molecular flexibility index (Phi) is 6.25. The SMILES string of the molecule is CS(=O)(=O)CCN1CCN(C(=O)c2cccnc2Nc2cccc(F)c2)CC1. The lowest BCUT2D eigenvalue weighted by Crippen LogP contribution is -2.49. The van der Waals surface area contributed by atoms with Crippen molar-refractivity contribution < 1.29 is 17.6 Å². The van der Waals surface area contributed by atoms with Gasteiger partial charge in [-0.25, -0.2) is 17.8 Å². The number of pyridine rings is 1. The molecule has 0 spiro atoms. The zero-order chi connectivity index (χ0) is 20.1. The highest BCUT2D eigenvalue weighted by Gasteiger charge is 2.24. The molecule has 1 saturated heterocycles. The van der Waals surface area contributed by atoms with Crippen LogP contribution in [0.25, 0.3) is 0 Å². The summed E-state index contributed by atoms with van der Waals surface area (Å²) in [6, 6.07) is 9.34. The third-order valence-corrected chi connectivity index (χ3v) is 5.49. The first kappa shape index (κ1) is 20.2. The third kappa shape index (κ3) is 5.49. The fourth-order valence-electron chi connectivity index (χ4n) is 3.02. The van der Waals surface area contributed by atoms with Crippen molar-refractivity contribution in [2.24, 2.45) is 0 Å². The molecule has 2 aromatic rings. The number of anilines is 2. The maximum atomic E-state index is 13.4. The highest BCUT2D eigenvalue weighted by molar-refractivity contribution is 7.90. The van der Waals surface area contributed by atoms with Crippen LogP contribution >= 0.6 is 0 Å². The summed E-state index contributed by atoms with van der Waals surface area (Å²) in [6.45, 7) is 2.73. The van der Waals surface area contributed by atoms with E-state index < -0.39 is 9.84 Å². The first-order valence-corrected chi connectivity index (χ1v) is 11.0. The molecule has 1 N–H and O–H groups in total. The third-order valence-electron chi connectivity index (χ3n) is 4.56. The van der Waals surface area contributed by atoms with Gasteiger partial charge < -0.3 is 10.2 Å². The van der Waals surface area contributed by atoms with Gasteiger partial charge in [0.25, 0.3) is 5.91 Å². The van der Waals surface area contributed by atoms with Gasteiger partial charge in [-0.15, -0.1) is 0 Å². The molecule has 0 aliphatic carbocycles. The molecular formula is C19H23FN4O3S. The van der Waals surface area contributed by atoms with E-state index in [1.807, 2.05) is 4.90 Å². The monoisotopic (exact) mass is 406 g/mol. The predicted molar refractivity (Wildman–Crippen MR) is 106 cm³/mol. The summed E-state index contributed by atoms with van der Waals surface area (Å²) in [7, 11) is -3.00. The first-order valence-electron chi connectivity index (χ1n) is 8.99. The number of hydrogen-bond donors (Lipinski definition) is 1. The molecule has 3 rings (SSSR count). The molecule has 2 heterocycles. The van der Waals surface area contributed by atoms with Crippen molar-refractivity contribution in [2.75, 3.05) is 50.0 Å². The molecule has 0 atom stereocenters. The number of nitrogens with one attached hydrogen (secondary N) is 1. The second kappa shape index (κ2) is 8.66. The van der Waals surface area contributed by atoms with Gasteiger partial charge in [-0.05, 0) is 30.3 Å². The molecule has 0 radical (unpaired) electrons. The van der Waals surface area contributed by atoms with E-state index in [4.69, 9.17) is 0 Å². The van der Waals surface area contributed by atoms with Gasteiger partial charge in [-0.1, -0.05) is 6.07 Å². The molecule has 28 heavy (non-hydrogen) atoms. The average molecular weight is 406 g/mol. The molecule has 0 bridgehead atoms. The van der Waals surface area contributed by atoms with E-state index in [9.17, 15) is 17.6 Å². The maximum Gasteiger partial charge on any atom is 0.257 e. The molecule has 9 heteroatoms. The largest absolute Gasteiger partial charge is 0.339 e. The van der Waals surface area contributed by atoms with Gasteiger partial charge in [-0.3, -0.25) is 9.69 Å². The second-order valence-corrected chi connectivity index (χ2v) is 9.06. The zero-order valence-electron chi connectivity index (χ0n) is 15.6. The van der Waals surface area contributed by atoms with Crippen molar-refractivity contribution in [3.63, 3.8) is 0 Å². The summed E-state index contributed by atoms with van der Waals surface area (Å²) in [6.07, 6.45) is 2.80. The van der Waals surface area contributed by atoms with E-state index in [2.05, 4.69) is 10.3 Å². The minimum atomic E-state index is -3.00. The number of amides is 1. The minimum absolute atomic E-state index is 0.116. The van der Waals surface area contributed by atoms with Gasteiger partial charge >= 0.3 is 0 Å². The number of piperazine rings is 1. The number of carbonyl (C=O) groups is 1. The minimum Gasteiger partial charge on any atom is -0.339 e. The summed E-state index contributed by atoms with van der Waals surface area (Å²) >= 11 is 0. The van der Waals surface area contributed by atoms with Gasteiger partial charge in [0.1, 0.15) is 21.5 Å². The van der Waals surface area contributed by atoms with Gasteiger partial charge in [0.15, 0.2) is 0 Å². The Balaban J connectivity index is 1.65. The highest BCUT2D eigenvalue weighted by Crippen LogP contribution is 2.21. The highest BCUT2D eigenvalue weighted by atomic mass is 32.2. The van der Waals surface area contributed by atoms with Crippen LogP contribution in [0.15, 0.2) is 42.6 Å². The van der Waals surface area contributed by atoms with E-state index >= 15 is 0 Å². The number of sulfone groups is 1. The number of hydrogen-bond acceptors (Lipinski definition) is 6. The Bertz CT molecular complexity index is 944. The summed E-state index contributed by atoms with van der Waals surface area (Å²) in [4.78, 5) is 21.0. The fraction of sp³-hybridized carbons (Fsp3) is 0.368. The Morgan fingerprint density at radius 3 is 2.61 bits per heavy atom. The molecule has 150 valence electrons. The summed E-state index contributed by atoms with van der Waals surface area (Å²) < 4.78 is 36.0. The van der Waals surface area contributed by atoms with Crippen molar-refractivity contribution in [1.82, 2.24) is 14.8 Å². The van der Waals surface area contributed by atoms with Gasteiger partial charge in [0, 0.05) is 50.9 Å². The van der Waals surface area contributed by atoms with Gasteiger partial charge in [0.2, 0.25) is 0 Å². The normalized spacial score (nSPS) is 15.4. The molecule has 0 saturated carbocycles. The number of nitrogens with zero attached hydrogens (tertiary/aromatic N) is 3. The van der Waals surface area contributed by atoms with Crippen molar-refractivity contribution >= 4 is 27.2 Å². The zero-order valence-corrected chi connectivity index (χ0v) is 16.5. The number of rotatable bonds is 6. The van der Waals surface area contributed by atoms with Gasteiger partial charge in [0.05, 0.1) is 11.3 Å². The molecule has 0 unspecified atom stereocenters. The van der Waals surface area contributed by atoms with Crippen LogP contribution < -0.4 is 5.32 Å². The topological polar surface area (TPSA) is 82.6 Å². The van der Waals surface area contributed by atoms with E-state index in [1.54, 1.807) is 35.4 Å². The Hall–Kier alpha value is -2.52. The Labute approximate surface area is 164 Å². The van der Waals surface area contributed by atoms with Crippen molar-refractivity contribution in [2.45, 2.75) is 0 Å². The van der Waals surface area contributed by atoms with Crippen molar-refractivity contribution in [3.8, 4) is 0 Å². The number of benzene rings is 1. The van der Waals surface area contributed by atoms with E-state index in [0.717, 1.165) is 0 Å². The summed E-state index contributed by atoms with van der Waals surface area (Å²) in [5.74, 6) is -0.0444. The molecule has 1 fully saturated rings. The van der Waals surface area contributed by atoms with E-state index in [0.29, 0.717) is 49.8 Å². The van der Waals surface area contributed by atoms with Crippen LogP contribution in [0.1, 0.15) is 10.4 Å². The second-order valence-electron chi connectivity index (χ2n) is 6.80. The van der Waals surface area contributed by atoms with Gasteiger partial charge in [-0.2, -0.15) is 0 Å². The lowest BCUT2D eigenvalue weighted by molar-refractivity contribution is 0.0644. The maximum absolute atomic E-state index is 13.4. The van der Waals surface area contributed by atoms with Crippen molar-refractivity contribution in [1.29, 1.82) is 0 Å². The number of halogens is 1. The summed E-state index contributed by atoms with van der Waals surface area (Å²) in [5.41, 5.74) is 0.926. The van der Waals surface area contributed by atoms with Crippen LogP contribution in [0.3, 0.4) is 0 Å². The van der Waals surface area contributed by atoms with Crippen LogP contribution in [-0.4, -0.2) is 73.8 Å². The smallest absolute Gasteiger partial charge is 0.257 e. The lowest BCUT2D eigenvalue weighted by Gasteiger charge is -2.34. The quantitative estimate of drug-likeness (QED) is 0.787. The lowest BCUT2D eigenvalue weighted by atomic mass is 10.2. The van der Waals surface area contributed by atoms with Crippen LogP contribution in [0.2, 0.25) is 0 Å². The van der Waals surface area contributed by atoms with E-state index in [1.165, 1.54) is 18.4 Å². The van der Waals surface area contributed by atoms with E-state index in [-0.39, 0.29) is 17.5 Å². The molecule has 1 aliphatic heterocycles. The van der Waals surface area contributed by atoms with Crippen LogP contribution in [-0.2, 0) is 9.84 Å².